The summed E-state index contributed by atoms with van der Waals surface area (Å²) in [5, 5.41) is 12.3. The van der Waals surface area contributed by atoms with Gasteiger partial charge in [0.15, 0.2) is 0 Å². The number of rotatable bonds is 2. The maximum absolute atomic E-state index is 5.60. The highest BCUT2D eigenvalue weighted by Gasteiger charge is 2.28. The highest BCUT2D eigenvalue weighted by Crippen LogP contribution is 2.52. The van der Waals surface area contributed by atoms with Gasteiger partial charge in [-0.05, 0) is 87.4 Å². The number of aromatic nitrogens is 1. The third kappa shape index (κ3) is 5.52. The lowest BCUT2D eigenvalue weighted by Crippen LogP contribution is -2.28. The molecular formula is C41H36N2P2. The van der Waals surface area contributed by atoms with E-state index in [0.717, 1.165) is 29.8 Å². The lowest BCUT2D eigenvalue weighted by Gasteiger charge is -2.33. The van der Waals surface area contributed by atoms with Crippen LogP contribution in [0.3, 0.4) is 0 Å². The van der Waals surface area contributed by atoms with Crippen molar-refractivity contribution in [2.75, 3.05) is 5.32 Å². The predicted octanol–water partition coefficient (Wildman–Crippen LogP) is 9.58. The molecule has 0 radical (unpaired) electrons. The molecule has 0 saturated heterocycles. The molecule has 1 aliphatic heterocycles. The summed E-state index contributed by atoms with van der Waals surface area (Å²) >= 11 is 0. The minimum atomic E-state index is -0.702. The zero-order chi connectivity index (χ0) is 30.3. The number of hydrogen-bond donors (Lipinski definition) is 1. The van der Waals surface area contributed by atoms with E-state index in [1.165, 1.54) is 59.9 Å². The second kappa shape index (κ2) is 12.0. The van der Waals surface area contributed by atoms with Crippen molar-refractivity contribution < 1.29 is 0 Å². The normalized spacial score (nSPS) is 19.5. The first kappa shape index (κ1) is 28.4. The van der Waals surface area contributed by atoms with Crippen LogP contribution >= 0.6 is 15.8 Å². The van der Waals surface area contributed by atoms with Gasteiger partial charge in [0, 0.05) is 34.1 Å². The molecule has 0 spiro atoms. The lowest BCUT2D eigenvalue weighted by molar-refractivity contribution is 0.868. The van der Waals surface area contributed by atoms with Gasteiger partial charge in [0.2, 0.25) is 0 Å². The van der Waals surface area contributed by atoms with Crippen molar-refractivity contribution in [3.05, 3.63) is 161 Å². The van der Waals surface area contributed by atoms with Gasteiger partial charge in [0.25, 0.3) is 0 Å². The van der Waals surface area contributed by atoms with E-state index >= 15 is 0 Å². The van der Waals surface area contributed by atoms with Crippen LogP contribution in [0.25, 0.3) is 21.8 Å². The number of aryl methyl sites for hydroxylation is 2. The predicted molar refractivity (Wildman–Crippen MR) is 197 cm³/mol. The lowest BCUT2D eigenvalue weighted by atomic mass is 10.0. The van der Waals surface area contributed by atoms with Crippen molar-refractivity contribution in [3.63, 3.8) is 0 Å². The van der Waals surface area contributed by atoms with Crippen LogP contribution in [0.1, 0.15) is 28.7 Å². The molecule has 4 heteroatoms. The molecule has 3 atom stereocenters. The Balaban J connectivity index is 1.43. The topological polar surface area (TPSA) is 24.9 Å². The smallest absolute Gasteiger partial charge is 0.0745 e. The number of nitrogens with one attached hydrogen (secondary N) is 1. The van der Waals surface area contributed by atoms with Gasteiger partial charge in [-0.2, -0.15) is 0 Å². The second-order valence-corrected chi connectivity index (χ2v) is 16.7. The largest absolute Gasteiger partial charge is 0.377 e. The Kier molecular flexibility index (Phi) is 7.58. The number of pyridine rings is 1. The number of anilines is 1. The highest BCUT2D eigenvalue weighted by molar-refractivity contribution is 7.72. The van der Waals surface area contributed by atoms with Crippen molar-refractivity contribution >= 4 is 59.3 Å². The summed E-state index contributed by atoms with van der Waals surface area (Å²) in [5.74, 6) is 0. The maximum Gasteiger partial charge on any atom is 0.0745 e. The van der Waals surface area contributed by atoms with Crippen LogP contribution in [0.15, 0.2) is 139 Å². The molecule has 3 unspecified atom stereocenters. The first-order valence-corrected chi connectivity index (χ1v) is 18.9. The van der Waals surface area contributed by atoms with Crippen LogP contribution < -0.4 is 21.2 Å². The number of allylic oxidation sites excluding steroid dienone is 2. The quantitative estimate of drug-likeness (QED) is 0.154. The van der Waals surface area contributed by atoms with E-state index in [2.05, 4.69) is 153 Å². The molecule has 0 fully saturated rings. The molecule has 2 heterocycles. The minimum Gasteiger partial charge on any atom is -0.377 e. The number of nitrogens with zero attached hydrogens (tertiary/aromatic N) is 1. The van der Waals surface area contributed by atoms with E-state index in [1.807, 2.05) is 0 Å². The fourth-order valence-electron chi connectivity index (χ4n) is 7.03. The van der Waals surface area contributed by atoms with Gasteiger partial charge in [-0.1, -0.05) is 120 Å². The van der Waals surface area contributed by atoms with Gasteiger partial charge in [-0.3, -0.25) is 0 Å². The summed E-state index contributed by atoms with van der Waals surface area (Å²) in [4.78, 5) is 5.60. The maximum atomic E-state index is 5.60. The molecule has 0 saturated carbocycles. The molecular weight excluding hydrogens is 582 g/mol. The Bertz CT molecular complexity index is 2100. The molecule has 45 heavy (non-hydrogen) atoms. The zero-order valence-electron chi connectivity index (χ0n) is 25.7. The molecule has 1 aromatic heterocycles. The van der Waals surface area contributed by atoms with Crippen LogP contribution in [0.4, 0.5) is 5.69 Å². The third-order valence-electron chi connectivity index (χ3n) is 9.02. The van der Waals surface area contributed by atoms with Crippen molar-refractivity contribution in [1.29, 1.82) is 0 Å². The fraction of sp³-hybridized carbons (Fsp3) is 0.146. The first-order valence-electron chi connectivity index (χ1n) is 15.8. The van der Waals surface area contributed by atoms with Gasteiger partial charge in [0.1, 0.15) is 0 Å². The summed E-state index contributed by atoms with van der Waals surface area (Å²) in [6, 6.07) is 43.4. The summed E-state index contributed by atoms with van der Waals surface area (Å²) in [7, 11) is -1.36. The van der Waals surface area contributed by atoms with Crippen molar-refractivity contribution in [2.24, 2.45) is 0 Å². The van der Waals surface area contributed by atoms with Crippen molar-refractivity contribution in [2.45, 2.75) is 38.6 Å². The average molecular weight is 619 g/mol. The van der Waals surface area contributed by atoms with E-state index < -0.39 is 15.8 Å². The zero-order valence-corrected chi connectivity index (χ0v) is 27.5. The van der Waals surface area contributed by atoms with Crippen LogP contribution in [-0.4, -0.2) is 11.0 Å². The number of hydrogen-bond acceptors (Lipinski definition) is 2. The molecule has 2 nitrogen and oxygen atoms in total. The number of fused-ring (bicyclic) bond motifs is 2. The Morgan fingerprint density at radius 3 is 1.89 bits per heavy atom. The summed E-state index contributed by atoms with van der Waals surface area (Å²) in [6.45, 7) is 4.46. The molecule has 1 aliphatic carbocycles. The minimum absolute atomic E-state index is 0.225. The fourth-order valence-corrected chi connectivity index (χ4v) is 12.1. The molecule has 6 aromatic rings. The van der Waals surface area contributed by atoms with Gasteiger partial charge in [-0.15, -0.1) is 0 Å². The van der Waals surface area contributed by atoms with Crippen molar-refractivity contribution in [1.82, 2.24) is 4.98 Å². The van der Waals surface area contributed by atoms with Gasteiger partial charge in [0.05, 0.1) is 17.1 Å². The molecule has 2 bridgehead atoms. The molecule has 220 valence electrons. The molecule has 0 amide bonds. The molecule has 5 aromatic carbocycles. The Labute approximate surface area is 268 Å². The second-order valence-electron chi connectivity index (χ2n) is 12.3. The summed E-state index contributed by atoms with van der Waals surface area (Å²) in [5.41, 5.74) is 8.83. The van der Waals surface area contributed by atoms with Gasteiger partial charge >= 0.3 is 0 Å². The number of para-hydroxylation sites is 1. The Hall–Kier alpha value is -4.09. The molecule has 2 aliphatic rings. The van der Waals surface area contributed by atoms with E-state index in [0.29, 0.717) is 0 Å². The van der Waals surface area contributed by atoms with Gasteiger partial charge in [-0.25, -0.2) is 4.98 Å². The van der Waals surface area contributed by atoms with Crippen LogP contribution in [0, 0.1) is 13.8 Å². The molecule has 1 N–H and O–H groups in total. The average Bonchev–Trinajstić information content (AvgIpc) is 3.06. The summed E-state index contributed by atoms with van der Waals surface area (Å²) in [6.07, 6.45) is 9.88. The first-order chi connectivity index (χ1) is 22.1. The summed E-state index contributed by atoms with van der Waals surface area (Å²) < 4.78 is 0. The van der Waals surface area contributed by atoms with Crippen molar-refractivity contribution in [3.8, 4) is 0 Å². The monoisotopic (exact) mass is 618 g/mol. The van der Waals surface area contributed by atoms with E-state index in [1.54, 1.807) is 0 Å². The van der Waals surface area contributed by atoms with E-state index in [-0.39, 0.29) is 6.04 Å². The highest BCUT2D eigenvalue weighted by atomic mass is 31.1. The standard InChI is InChI=1S/C41H36N2P2/c1-28-21-30-25-31-22-29(2)24-33-27-45(35-15-7-4-8-16-35)39-20-12-10-18-37(39)42-36-17-9-11-19-38(36)44(34-13-5-3-6-14-34)26-32(23-28)40(30)43-41(31)33/h3-17,19-25,37,42H,18,26-27H2,1-2H3. The Morgan fingerprint density at radius 1 is 0.644 bits per heavy atom. The van der Waals surface area contributed by atoms with Crippen LogP contribution in [0.2, 0.25) is 0 Å². The Morgan fingerprint density at radius 2 is 1.22 bits per heavy atom. The van der Waals surface area contributed by atoms with Crippen LogP contribution in [-0.2, 0) is 12.3 Å². The molecule has 8 rings (SSSR count). The SMILES string of the molecule is Cc1cc2c3nc4c(cc(C)cc4cc3c1)CP(c1ccccc1)c1ccccc1NC1CC=CC=C1P(c1ccccc1)C2. The van der Waals surface area contributed by atoms with E-state index in [9.17, 15) is 0 Å². The number of benzene rings is 5. The van der Waals surface area contributed by atoms with Crippen LogP contribution in [0.5, 0.6) is 0 Å². The van der Waals surface area contributed by atoms with Gasteiger partial charge < -0.3 is 5.32 Å². The van der Waals surface area contributed by atoms with E-state index in [4.69, 9.17) is 4.98 Å². The third-order valence-corrected chi connectivity index (χ3v) is 14.2.